The molecular weight excluding hydrogens is 340 g/mol. The number of carbonyl (C=O) groups is 2. The normalized spacial score (nSPS) is 17.1. The van der Waals surface area contributed by atoms with Crippen molar-refractivity contribution in [3.63, 3.8) is 0 Å². The quantitative estimate of drug-likeness (QED) is 0.837. The van der Waals surface area contributed by atoms with E-state index in [4.69, 9.17) is 0 Å². The molecule has 0 bridgehead atoms. The van der Waals surface area contributed by atoms with E-state index in [1.54, 1.807) is 23.2 Å². The number of amides is 2. The molecule has 2 aromatic rings. The number of benzene rings is 1. The van der Waals surface area contributed by atoms with Crippen LogP contribution in [0.5, 0.6) is 0 Å². The first-order valence-electron chi connectivity index (χ1n) is 9.55. The summed E-state index contributed by atoms with van der Waals surface area (Å²) in [5.41, 5.74) is 2.97. The summed E-state index contributed by atoms with van der Waals surface area (Å²) in [4.78, 5) is 36.0. The first-order valence-corrected chi connectivity index (χ1v) is 9.55. The van der Waals surface area contributed by atoms with Crippen LogP contribution in [0.3, 0.4) is 0 Å². The predicted octanol–water partition coefficient (Wildman–Crippen LogP) is 2.06. The molecule has 0 unspecified atom stereocenters. The Hall–Kier alpha value is -2.73. The molecule has 0 radical (unpaired) electrons. The highest BCUT2D eigenvalue weighted by Crippen LogP contribution is 2.28. The Bertz CT molecular complexity index is 859. The van der Waals surface area contributed by atoms with Crippen LogP contribution in [0.4, 0.5) is 5.69 Å². The van der Waals surface area contributed by atoms with Crippen molar-refractivity contribution in [3.05, 3.63) is 59.4 Å². The minimum atomic E-state index is -0.148. The van der Waals surface area contributed by atoms with E-state index in [2.05, 4.69) is 16.8 Å². The molecule has 0 saturated carbocycles. The van der Waals surface area contributed by atoms with E-state index in [9.17, 15) is 9.59 Å². The SMILES string of the molecule is CCN1CCN(C(=O)c2ccnc(C(=O)N3CCc4ccccc43)c2)CC1. The Morgan fingerprint density at radius 1 is 1.00 bits per heavy atom. The van der Waals surface area contributed by atoms with Crippen LogP contribution in [-0.4, -0.2) is 65.9 Å². The predicted molar refractivity (Wildman–Crippen MR) is 104 cm³/mol. The van der Waals surface area contributed by atoms with E-state index >= 15 is 0 Å². The largest absolute Gasteiger partial charge is 0.336 e. The van der Waals surface area contributed by atoms with Gasteiger partial charge in [0, 0.05) is 50.2 Å². The number of fused-ring (bicyclic) bond motifs is 1. The third kappa shape index (κ3) is 3.45. The first-order chi connectivity index (χ1) is 13.2. The number of hydrogen-bond donors (Lipinski definition) is 0. The number of rotatable bonds is 3. The highest BCUT2D eigenvalue weighted by atomic mass is 16.2. The lowest BCUT2D eigenvalue weighted by Crippen LogP contribution is -2.48. The molecule has 0 spiro atoms. The van der Waals surface area contributed by atoms with Gasteiger partial charge < -0.3 is 14.7 Å². The number of piperazine rings is 1. The van der Waals surface area contributed by atoms with Gasteiger partial charge in [-0.25, -0.2) is 0 Å². The van der Waals surface area contributed by atoms with Crippen LogP contribution < -0.4 is 4.90 Å². The molecule has 1 aromatic heterocycles. The van der Waals surface area contributed by atoms with Crippen molar-refractivity contribution in [1.82, 2.24) is 14.8 Å². The van der Waals surface area contributed by atoms with E-state index in [1.165, 1.54) is 5.56 Å². The van der Waals surface area contributed by atoms with Gasteiger partial charge in [-0.05, 0) is 36.7 Å². The Morgan fingerprint density at radius 2 is 1.78 bits per heavy atom. The van der Waals surface area contributed by atoms with E-state index in [1.807, 2.05) is 29.2 Å². The lowest BCUT2D eigenvalue weighted by atomic mass is 10.1. The Labute approximate surface area is 159 Å². The molecule has 6 heteroatoms. The van der Waals surface area contributed by atoms with Crippen LogP contribution in [0, 0.1) is 0 Å². The molecule has 1 fully saturated rings. The van der Waals surface area contributed by atoms with Gasteiger partial charge in [0.05, 0.1) is 0 Å². The van der Waals surface area contributed by atoms with Crippen molar-refractivity contribution >= 4 is 17.5 Å². The number of aromatic nitrogens is 1. The lowest BCUT2D eigenvalue weighted by molar-refractivity contribution is 0.0643. The van der Waals surface area contributed by atoms with E-state index in [0.29, 0.717) is 17.8 Å². The van der Waals surface area contributed by atoms with Crippen molar-refractivity contribution < 1.29 is 9.59 Å². The highest BCUT2D eigenvalue weighted by Gasteiger charge is 2.27. The fraction of sp³-hybridized carbons (Fsp3) is 0.381. The van der Waals surface area contributed by atoms with Crippen LogP contribution in [0.1, 0.15) is 33.3 Å². The molecule has 1 saturated heterocycles. The molecule has 140 valence electrons. The molecule has 0 N–H and O–H groups in total. The number of anilines is 1. The summed E-state index contributed by atoms with van der Waals surface area (Å²) < 4.78 is 0. The maximum atomic E-state index is 13.0. The summed E-state index contributed by atoms with van der Waals surface area (Å²) in [5, 5.41) is 0. The third-order valence-corrected chi connectivity index (χ3v) is 5.47. The molecule has 0 aliphatic carbocycles. The Balaban J connectivity index is 1.51. The number of para-hydroxylation sites is 1. The van der Waals surface area contributed by atoms with Crippen molar-refractivity contribution in [2.24, 2.45) is 0 Å². The van der Waals surface area contributed by atoms with Crippen LogP contribution in [0.25, 0.3) is 0 Å². The topological polar surface area (TPSA) is 56.8 Å². The lowest BCUT2D eigenvalue weighted by Gasteiger charge is -2.34. The fourth-order valence-corrected chi connectivity index (χ4v) is 3.82. The molecule has 3 heterocycles. The van der Waals surface area contributed by atoms with E-state index in [-0.39, 0.29) is 11.8 Å². The minimum absolute atomic E-state index is 0.0241. The molecule has 6 nitrogen and oxygen atoms in total. The summed E-state index contributed by atoms with van der Waals surface area (Å²) in [6, 6.07) is 11.3. The second kappa shape index (κ2) is 7.48. The molecule has 1 aromatic carbocycles. The average Bonchev–Trinajstić information content (AvgIpc) is 3.17. The Kier molecular flexibility index (Phi) is 4.90. The van der Waals surface area contributed by atoms with Gasteiger partial charge in [0.15, 0.2) is 0 Å². The zero-order valence-electron chi connectivity index (χ0n) is 15.6. The molecule has 2 amide bonds. The first kappa shape index (κ1) is 17.7. The monoisotopic (exact) mass is 364 g/mol. The summed E-state index contributed by atoms with van der Waals surface area (Å²) >= 11 is 0. The zero-order valence-corrected chi connectivity index (χ0v) is 15.6. The Morgan fingerprint density at radius 3 is 2.56 bits per heavy atom. The third-order valence-electron chi connectivity index (χ3n) is 5.47. The van der Waals surface area contributed by atoms with Gasteiger partial charge in [0.2, 0.25) is 0 Å². The van der Waals surface area contributed by atoms with Crippen molar-refractivity contribution in [3.8, 4) is 0 Å². The van der Waals surface area contributed by atoms with Gasteiger partial charge >= 0.3 is 0 Å². The number of likely N-dealkylation sites (N-methyl/N-ethyl adjacent to an activating group) is 1. The van der Waals surface area contributed by atoms with Gasteiger partial charge in [0.25, 0.3) is 11.8 Å². The van der Waals surface area contributed by atoms with Gasteiger partial charge in [-0.1, -0.05) is 25.1 Å². The van der Waals surface area contributed by atoms with Crippen LogP contribution >= 0.6 is 0 Å². The van der Waals surface area contributed by atoms with Gasteiger partial charge in [-0.15, -0.1) is 0 Å². The second-order valence-electron chi connectivity index (χ2n) is 6.99. The summed E-state index contributed by atoms with van der Waals surface area (Å²) in [6.45, 7) is 7.02. The molecule has 2 aliphatic heterocycles. The molecule has 4 rings (SSSR count). The summed E-state index contributed by atoms with van der Waals surface area (Å²) in [5.74, 6) is -0.172. The van der Waals surface area contributed by atoms with Crippen LogP contribution in [0.2, 0.25) is 0 Å². The van der Waals surface area contributed by atoms with E-state index < -0.39 is 0 Å². The zero-order chi connectivity index (χ0) is 18.8. The molecular formula is C21H24N4O2. The van der Waals surface area contributed by atoms with Crippen LogP contribution in [0.15, 0.2) is 42.6 Å². The molecule has 0 atom stereocenters. The minimum Gasteiger partial charge on any atom is -0.336 e. The number of carbonyl (C=O) groups excluding carboxylic acids is 2. The maximum Gasteiger partial charge on any atom is 0.276 e. The van der Waals surface area contributed by atoms with Gasteiger partial charge in [0.1, 0.15) is 5.69 Å². The smallest absolute Gasteiger partial charge is 0.276 e. The second-order valence-corrected chi connectivity index (χ2v) is 6.99. The van der Waals surface area contributed by atoms with Crippen molar-refractivity contribution in [1.29, 1.82) is 0 Å². The summed E-state index contributed by atoms with van der Waals surface area (Å²) in [6.07, 6.45) is 2.41. The van der Waals surface area contributed by atoms with Crippen LogP contribution in [-0.2, 0) is 6.42 Å². The maximum absolute atomic E-state index is 13.0. The standard InChI is InChI=1S/C21H24N4O2/c1-2-23-11-13-24(14-12-23)20(26)17-7-9-22-18(15-17)21(27)25-10-8-16-5-3-4-6-19(16)25/h3-7,9,15H,2,8,10-14H2,1H3. The number of nitrogens with zero attached hydrogens (tertiary/aromatic N) is 4. The van der Waals surface area contributed by atoms with Crippen molar-refractivity contribution in [2.75, 3.05) is 44.2 Å². The summed E-state index contributed by atoms with van der Waals surface area (Å²) in [7, 11) is 0. The van der Waals surface area contributed by atoms with Crippen molar-refractivity contribution in [2.45, 2.75) is 13.3 Å². The fourth-order valence-electron chi connectivity index (χ4n) is 3.82. The van der Waals surface area contributed by atoms with E-state index in [0.717, 1.165) is 44.8 Å². The highest BCUT2D eigenvalue weighted by molar-refractivity contribution is 6.07. The molecule has 2 aliphatic rings. The van der Waals surface area contributed by atoms with Gasteiger partial charge in [-0.3, -0.25) is 14.6 Å². The number of pyridine rings is 1. The molecule has 27 heavy (non-hydrogen) atoms. The number of hydrogen-bond acceptors (Lipinski definition) is 4. The van der Waals surface area contributed by atoms with Gasteiger partial charge in [-0.2, -0.15) is 0 Å². The average molecular weight is 364 g/mol.